The number of halogens is 5. The van der Waals surface area contributed by atoms with Gasteiger partial charge in [-0.3, -0.25) is 9.79 Å². The van der Waals surface area contributed by atoms with E-state index in [1.165, 1.54) is 0 Å². The van der Waals surface area contributed by atoms with Gasteiger partial charge in [-0.05, 0) is 30.0 Å². The summed E-state index contributed by atoms with van der Waals surface area (Å²) < 4.78 is 72.2. The molecule has 1 aromatic carbocycles. The Kier molecular flexibility index (Phi) is 9.75. The number of carbonyl (C=O) groups is 2. The zero-order valence-corrected chi connectivity index (χ0v) is 20.0. The number of amides is 1. The van der Waals surface area contributed by atoms with Gasteiger partial charge in [0.25, 0.3) is 6.43 Å². The number of hydrogen-bond donors (Lipinski definition) is 1. The Morgan fingerprint density at radius 3 is 2.20 bits per heavy atom. The van der Waals surface area contributed by atoms with Crippen molar-refractivity contribution in [3.05, 3.63) is 64.0 Å². The van der Waals surface area contributed by atoms with Crippen molar-refractivity contribution in [3.63, 3.8) is 0 Å². The summed E-state index contributed by atoms with van der Waals surface area (Å²) in [5.41, 5.74) is 1.74. The predicted octanol–water partition coefficient (Wildman–Crippen LogP) is 5.30. The number of nitrogens with zero attached hydrogens (tertiary/aromatic N) is 2. The van der Waals surface area contributed by atoms with Gasteiger partial charge in [0.15, 0.2) is 5.69 Å². The summed E-state index contributed by atoms with van der Waals surface area (Å²) in [6.07, 6.45) is -8.35. The van der Waals surface area contributed by atoms with Crippen LogP contribution in [0.2, 0.25) is 0 Å². The highest BCUT2D eigenvalue weighted by Gasteiger charge is 2.42. The highest BCUT2D eigenvalue weighted by molar-refractivity contribution is 8.14. The van der Waals surface area contributed by atoms with Crippen molar-refractivity contribution >= 4 is 28.7 Å². The molecule has 0 bridgehead atoms. The van der Waals surface area contributed by atoms with E-state index in [0.717, 1.165) is 18.9 Å². The molecule has 2 aromatic rings. The Labute approximate surface area is 203 Å². The molecule has 35 heavy (non-hydrogen) atoms. The third-order valence-electron chi connectivity index (χ3n) is 4.66. The lowest BCUT2D eigenvalue weighted by Gasteiger charge is -2.22. The van der Waals surface area contributed by atoms with Gasteiger partial charge >= 0.3 is 12.1 Å². The second-order valence-corrected chi connectivity index (χ2v) is 8.81. The molecular weight excluding hydrogens is 493 g/mol. The molecule has 12 heteroatoms. The summed E-state index contributed by atoms with van der Waals surface area (Å²) in [5, 5.41) is 0.0615. The van der Waals surface area contributed by atoms with Crippen molar-refractivity contribution in [3.8, 4) is 0 Å². The number of nitrogens with two attached hydrogens (primary N) is 1. The zero-order valence-electron chi connectivity index (χ0n) is 19.2. The maximum atomic E-state index is 13.6. The number of methoxy groups -OCH3 is 1. The molecule has 0 radical (unpaired) electrons. The number of carbonyl (C=O) groups excluding carboxylic acids is 2. The second kappa shape index (κ2) is 12.1. The van der Waals surface area contributed by atoms with E-state index < -0.39 is 41.1 Å². The largest absolute Gasteiger partial charge is 0.465 e. The standard InChI is InChI=1S/C16H17F5N2O2S.C7H7NO/c1-7(2)6-8-9(15(24)25-3)11(13(17)18)23-12(16(19,20)21)10(8)14-22-4-5-26-14;8-7(9)6-4-2-1-3-5-6/h7,13H,4-6H2,1-3H3;1-5H,(H2,8,9). The minimum atomic E-state index is -4.97. The normalized spacial score (nSPS) is 13.4. The van der Waals surface area contributed by atoms with Gasteiger partial charge in [-0.2, -0.15) is 13.2 Å². The summed E-state index contributed by atoms with van der Waals surface area (Å²) in [5.74, 6) is -1.24. The number of pyridine rings is 1. The van der Waals surface area contributed by atoms with Crippen molar-refractivity contribution in [1.29, 1.82) is 0 Å². The highest BCUT2D eigenvalue weighted by Crippen LogP contribution is 2.40. The minimum absolute atomic E-state index is 0.0231. The first-order chi connectivity index (χ1) is 16.4. The van der Waals surface area contributed by atoms with Gasteiger partial charge in [-0.1, -0.05) is 32.0 Å². The molecule has 3 rings (SSSR count). The Bertz CT molecular complexity index is 1090. The van der Waals surface area contributed by atoms with Gasteiger partial charge in [0.2, 0.25) is 5.91 Å². The van der Waals surface area contributed by atoms with E-state index in [2.05, 4.69) is 14.7 Å². The Morgan fingerprint density at radius 2 is 1.80 bits per heavy atom. The fourth-order valence-electron chi connectivity index (χ4n) is 3.28. The van der Waals surface area contributed by atoms with Crippen LogP contribution >= 0.6 is 11.8 Å². The smallest absolute Gasteiger partial charge is 0.434 e. The van der Waals surface area contributed by atoms with Crippen molar-refractivity contribution in [2.75, 3.05) is 19.4 Å². The number of thioether (sulfide) groups is 1. The quantitative estimate of drug-likeness (QED) is 0.414. The van der Waals surface area contributed by atoms with Crippen LogP contribution in [0.1, 0.15) is 63.5 Å². The maximum Gasteiger partial charge on any atom is 0.434 e. The van der Waals surface area contributed by atoms with E-state index in [0.29, 0.717) is 17.9 Å². The van der Waals surface area contributed by atoms with Crippen molar-refractivity contribution in [1.82, 2.24) is 4.98 Å². The molecule has 2 heterocycles. The van der Waals surface area contributed by atoms with Crippen molar-refractivity contribution in [2.45, 2.75) is 32.9 Å². The molecule has 0 atom stereocenters. The fourth-order valence-corrected chi connectivity index (χ4v) is 4.20. The number of aromatic nitrogens is 1. The van der Waals surface area contributed by atoms with Crippen LogP contribution in [0.3, 0.4) is 0 Å². The summed E-state index contributed by atoms with van der Waals surface area (Å²) in [4.78, 5) is 29.8. The van der Waals surface area contributed by atoms with Gasteiger partial charge in [0.05, 0.1) is 12.7 Å². The van der Waals surface area contributed by atoms with Crippen LogP contribution in [0.15, 0.2) is 35.3 Å². The number of hydrogen-bond acceptors (Lipinski definition) is 6. The first-order valence-electron chi connectivity index (χ1n) is 10.4. The summed E-state index contributed by atoms with van der Waals surface area (Å²) in [6.45, 7) is 3.73. The predicted molar refractivity (Wildman–Crippen MR) is 123 cm³/mol. The van der Waals surface area contributed by atoms with E-state index >= 15 is 0 Å². The van der Waals surface area contributed by atoms with E-state index in [4.69, 9.17) is 5.73 Å². The monoisotopic (exact) mass is 517 g/mol. The summed E-state index contributed by atoms with van der Waals surface area (Å²) >= 11 is 1.08. The molecule has 0 unspecified atom stereocenters. The third kappa shape index (κ3) is 7.23. The number of rotatable bonds is 6. The summed E-state index contributed by atoms with van der Waals surface area (Å²) in [7, 11) is 0.982. The lowest BCUT2D eigenvalue weighted by atomic mass is 9.91. The first kappa shape index (κ1) is 28.2. The molecule has 0 spiro atoms. The Balaban J connectivity index is 0.000000402. The van der Waals surface area contributed by atoms with Crippen LogP contribution in [0.4, 0.5) is 22.0 Å². The first-order valence-corrected chi connectivity index (χ1v) is 11.4. The van der Waals surface area contributed by atoms with Crippen LogP contribution in [-0.2, 0) is 17.3 Å². The molecule has 1 aliphatic heterocycles. The van der Waals surface area contributed by atoms with Gasteiger partial charge in [-0.15, -0.1) is 11.8 Å². The number of aliphatic imine (C=N–C) groups is 1. The Hall–Kier alpha value is -3.02. The van der Waals surface area contributed by atoms with E-state index in [-0.39, 0.29) is 28.9 Å². The number of alkyl halides is 5. The molecule has 0 saturated heterocycles. The maximum absolute atomic E-state index is 13.6. The average Bonchev–Trinajstić information content (AvgIpc) is 3.32. The number of ether oxygens (including phenoxy) is 1. The molecule has 6 nitrogen and oxygen atoms in total. The molecule has 0 fully saturated rings. The van der Waals surface area contributed by atoms with Gasteiger partial charge < -0.3 is 10.5 Å². The molecule has 2 N–H and O–H groups in total. The van der Waals surface area contributed by atoms with Crippen molar-refractivity contribution in [2.24, 2.45) is 16.6 Å². The number of primary amides is 1. The van der Waals surface area contributed by atoms with Crippen LogP contribution in [0.25, 0.3) is 0 Å². The second-order valence-electron chi connectivity index (χ2n) is 7.73. The van der Waals surface area contributed by atoms with Crippen molar-refractivity contribution < 1.29 is 36.3 Å². The number of esters is 1. The van der Waals surface area contributed by atoms with Crippen LogP contribution in [0, 0.1) is 5.92 Å². The van der Waals surface area contributed by atoms with Gasteiger partial charge in [0, 0.05) is 23.4 Å². The van der Waals surface area contributed by atoms with Crippen LogP contribution in [-0.4, -0.2) is 41.3 Å². The summed E-state index contributed by atoms with van der Waals surface area (Å²) in [6, 6.07) is 8.76. The number of benzene rings is 1. The molecule has 1 aliphatic rings. The molecule has 0 aliphatic carbocycles. The average molecular weight is 518 g/mol. The van der Waals surface area contributed by atoms with Crippen LogP contribution < -0.4 is 5.73 Å². The third-order valence-corrected chi connectivity index (χ3v) is 5.66. The molecule has 0 saturated carbocycles. The molecule has 1 amide bonds. The minimum Gasteiger partial charge on any atom is -0.465 e. The SMILES string of the molecule is COC(=O)c1c(C(F)F)nc(C(F)(F)F)c(C2=NCCS2)c1CC(C)C.NC(=O)c1ccccc1. The fraction of sp³-hybridized carbons (Fsp3) is 0.391. The molecule has 190 valence electrons. The van der Waals surface area contributed by atoms with E-state index in [9.17, 15) is 31.5 Å². The lowest BCUT2D eigenvalue weighted by molar-refractivity contribution is -0.141. The zero-order chi connectivity index (χ0) is 26.3. The highest BCUT2D eigenvalue weighted by atomic mass is 32.2. The van der Waals surface area contributed by atoms with E-state index in [1.54, 1.807) is 38.1 Å². The van der Waals surface area contributed by atoms with Gasteiger partial charge in [-0.25, -0.2) is 18.6 Å². The Morgan fingerprint density at radius 1 is 1.17 bits per heavy atom. The molecular formula is C23H24F5N3O3S. The lowest BCUT2D eigenvalue weighted by Crippen LogP contribution is -2.24. The molecule has 1 aromatic heterocycles. The van der Waals surface area contributed by atoms with E-state index in [1.807, 2.05) is 6.07 Å². The van der Waals surface area contributed by atoms with Gasteiger partial charge in [0.1, 0.15) is 10.7 Å². The topological polar surface area (TPSA) is 94.6 Å². The van der Waals surface area contributed by atoms with Crippen LogP contribution in [0.5, 0.6) is 0 Å².